The molecule has 0 atom stereocenters. The van der Waals surface area contributed by atoms with Crippen molar-refractivity contribution in [3.05, 3.63) is 53.6 Å². The zero-order valence-corrected chi connectivity index (χ0v) is 18.6. The Kier molecular flexibility index (Phi) is 8.06. The molecule has 0 bridgehead atoms. The van der Waals surface area contributed by atoms with Crippen LogP contribution in [0.25, 0.3) is 0 Å². The van der Waals surface area contributed by atoms with Crippen LogP contribution in [0.4, 0.5) is 5.69 Å². The smallest absolute Gasteiger partial charge is 0.221 e. The molecule has 0 unspecified atom stereocenters. The molecule has 6 nitrogen and oxygen atoms in total. The van der Waals surface area contributed by atoms with Crippen LogP contribution in [0.15, 0.2) is 42.5 Å². The number of carbonyl (C=O) groups is 2. The predicted octanol–water partition coefficient (Wildman–Crippen LogP) is 4.50. The molecule has 2 aromatic rings. The summed E-state index contributed by atoms with van der Waals surface area (Å²) in [5.74, 6) is 1.80. The average Bonchev–Trinajstić information content (AvgIpc) is 2.78. The Morgan fingerprint density at radius 1 is 1.06 bits per heavy atom. The van der Waals surface area contributed by atoms with E-state index in [2.05, 4.69) is 22.3 Å². The van der Waals surface area contributed by atoms with Gasteiger partial charge in [0.05, 0.1) is 19.8 Å². The molecule has 6 heteroatoms. The molecule has 1 aliphatic rings. The molecular formula is C25H32N2O4. The minimum absolute atomic E-state index is 0.0474. The van der Waals surface area contributed by atoms with Gasteiger partial charge in [-0.3, -0.25) is 9.59 Å². The van der Waals surface area contributed by atoms with E-state index in [9.17, 15) is 9.59 Å². The Bertz CT molecular complexity index is 904. The van der Waals surface area contributed by atoms with Gasteiger partial charge >= 0.3 is 0 Å². The fraction of sp³-hybridized carbons (Fsp3) is 0.440. The number of Topliss-reactive ketones (excluding diaryl/α,β-unsaturated/α-hetero) is 1. The lowest BCUT2D eigenvalue weighted by Gasteiger charge is -2.32. The minimum Gasteiger partial charge on any atom is -0.497 e. The number of rotatable bonds is 9. The van der Waals surface area contributed by atoms with E-state index in [1.807, 2.05) is 12.1 Å². The maximum atomic E-state index is 12.6. The summed E-state index contributed by atoms with van der Waals surface area (Å²) in [5, 5.41) is 2.86. The van der Waals surface area contributed by atoms with E-state index in [0.29, 0.717) is 29.4 Å². The van der Waals surface area contributed by atoms with Crippen LogP contribution in [-0.2, 0) is 4.79 Å². The van der Waals surface area contributed by atoms with Crippen molar-refractivity contribution < 1.29 is 19.1 Å². The number of amides is 1. The number of nitrogens with one attached hydrogen (secondary N) is 1. The molecule has 0 aliphatic carbocycles. The summed E-state index contributed by atoms with van der Waals surface area (Å²) in [5.41, 5.74) is 2.76. The zero-order chi connectivity index (χ0) is 22.2. The van der Waals surface area contributed by atoms with Gasteiger partial charge in [-0.1, -0.05) is 12.1 Å². The first kappa shape index (κ1) is 22.8. The SMILES string of the molecule is COc1ccc(C(=O)CCCN2CCC(c3cccc(NC(C)=O)c3)CC2)c(OC)c1. The van der Waals surface area contributed by atoms with Gasteiger partial charge in [0.1, 0.15) is 11.5 Å². The van der Waals surface area contributed by atoms with E-state index in [-0.39, 0.29) is 11.7 Å². The first-order chi connectivity index (χ1) is 15.0. The summed E-state index contributed by atoms with van der Waals surface area (Å²) in [6.45, 7) is 4.49. The second-order valence-corrected chi connectivity index (χ2v) is 8.02. The Labute approximate surface area is 184 Å². The molecular weight excluding hydrogens is 392 g/mol. The Hall–Kier alpha value is -2.86. The molecule has 1 fully saturated rings. The van der Waals surface area contributed by atoms with Gasteiger partial charge in [0, 0.05) is 25.1 Å². The maximum Gasteiger partial charge on any atom is 0.221 e. The van der Waals surface area contributed by atoms with Gasteiger partial charge in [0.25, 0.3) is 0 Å². The molecule has 0 aromatic heterocycles. The Morgan fingerprint density at radius 2 is 1.84 bits per heavy atom. The van der Waals surface area contributed by atoms with Crippen LogP contribution in [0.1, 0.15) is 54.4 Å². The predicted molar refractivity (Wildman–Crippen MR) is 122 cm³/mol. The number of piperidine rings is 1. The van der Waals surface area contributed by atoms with Gasteiger partial charge in [-0.05, 0) is 74.6 Å². The highest BCUT2D eigenvalue weighted by Gasteiger charge is 2.21. The van der Waals surface area contributed by atoms with Gasteiger partial charge in [0.15, 0.2) is 5.78 Å². The second kappa shape index (κ2) is 11.0. The van der Waals surface area contributed by atoms with Gasteiger partial charge < -0.3 is 19.7 Å². The highest BCUT2D eigenvalue weighted by atomic mass is 16.5. The highest BCUT2D eigenvalue weighted by molar-refractivity contribution is 5.98. The average molecular weight is 425 g/mol. The molecule has 0 saturated carbocycles. The van der Waals surface area contributed by atoms with Gasteiger partial charge in [-0.15, -0.1) is 0 Å². The number of hydrogen-bond acceptors (Lipinski definition) is 5. The lowest BCUT2D eigenvalue weighted by Crippen LogP contribution is -2.33. The third-order valence-electron chi connectivity index (χ3n) is 5.85. The minimum atomic E-state index is -0.0474. The van der Waals surface area contributed by atoms with E-state index >= 15 is 0 Å². The van der Waals surface area contributed by atoms with Crippen LogP contribution in [0.3, 0.4) is 0 Å². The standard InChI is InChI=1S/C25H32N2O4/c1-18(28)26-21-7-4-6-20(16-21)19-11-14-27(15-12-19)13-5-8-24(29)23-10-9-22(30-2)17-25(23)31-3/h4,6-7,9-10,16-17,19H,5,8,11-15H2,1-3H3,(H,26,28). The summed E-state index contributed by atoms with van der Waals surface area (Å²) in [7, 11) is 3.17. The van der Waals surface area contributed by atoms with Crippen LogP contribution in [-0.4, -0.2) is 50.4 Å². The number of methoxy groups -OCH3 is 2. The van der Waals surface area contributed by atoms with E-state index < -0.39 is 0 Å². The Morgan fingerprint density at radius 3 is 2.52 bits per heavy atom. The van der Waals surface area contributed by atoms with Crippen LogP contribution < -0.4 is 14.8 Å². The first-order valence-corrected chi connectivity index (χ1v) is 10.8. The lowest BCUT2D eigenvalue weighted by atomic mass is 9.89. The van der Waals surface area contributed by atoms with Crippen molar-refractivity contribution in [1.82, 2.24) is 4.90 Å². The number of ether oxygens (including phenoxy) is 2. The normalized spacial score (nSPS) is 14.8. The molecule has 31 heavy (non-hydrogen) atoms. The number of carbonyl (C=O) groups excluding carboxylic acids is 2. The van der Waals surface area contributed by atoms with Crippen molar-refractivity contribution in [3.8, 4) is 11.5 Å². The molecule has 2 aromatic carbocycles. The number of nitrogens with zero attached hydrogens (tertiary/aromatic N) is 1. The molecule has 166 valence electrons. The van der Waals surface area contributed by atoms with E-state index in [0.717, 1.165) is 44.6 Å². The molecule has 1 amide bonds. The van der Waals surface area contributed by atoms with Crippen molar-refractivity contribution in [2.75, 3.05) is 39.2 Å². The largest absolute Gasteiger partial charge is 0.497 e. The third kappa shape index (κ3) is 6.31. The van der Waals surface area contributed by atoms with Crippen LogP contribution in [0.5, 0.6) is 11.5 Å². The van der Waals surface area contributed by atoms with E-state index in [4.69, 9.17) is 9.47 Å². The number of hydrogen-bond donors (Lipinski definition) is 1. The second-order valence-electron chi connectivity index (χ2n) is 8.02. The van der Waals surface area contributed by atoms with Crippen LogP contribution in [0, 0.1) is 0 Å². The van der Waals surface area contributed by atoms with Crippen LogP contribution >= 0.6 is 0 Å². The van der Waals surface area contributed by atoms with Crippen molar-refractivity contribution in [2.45, 2.75) is 38.5 Å². The lowest BCUT2D eigenvalue weighted by molar-refractivity contribution is -0.114. The van der Waals surface area contributed by atoms with Crippen molar-refractivity contribution in [1.29, 1.82) is 0 Å². The van der Waals surface area contributed by atoms with Gasteiger partial charge in [-0.25, -0.2) is 0 Å². The maximum absolute atomic E-state index is 12.6. The first-order valence-electron chi connectivity index (χ1n) is 10.8. The van der Waals surface area contributed by atoms with Gasteiger partial charge in [-0.2, -0.15) is 0 Å². The van der Waals surface area contributed by atoms with Crippen molar-refractivity contribution in [2.24, 2.45) is 0 Å². The number of benzene rings is 2. The van der Waals surface area contributed by atoms with E-state index in [1.54, 1.807) is 32.4 Å². The monoisotopic (exact) mass is 424 g/mol. The third-order valence-corrected chi connectivity index (χ3v) is 5.85. The summed E-state index contributed by atoms with van der Waals surface area (Å²) in [4.78, 5) is 26.4. The summed E-state index contributed by atoms with van der Waals surface area (Å²) in [6, 6.07) is 13.5. The molecule has 0 radical (unpaired) electrons. The van der Waals surface area contributed by atoms with Crippen LogP contribution in [0.2, 0.25) is 0 Å². The summed E-state index contributed by atoms with van der Waals surface area (Å²) >= 11 is 0. The molecule has 0 spiro atoms. The topological polar surface area (TPSA) is 67.9 Å². The highest BCUT2D eigenvalue weighted by Crippen LogP contribution is 2.30. The van der Waals surface area contributed by atoms with Gasteiger partial charge in [0.2, 0.25) is 5.91 Å². The molecule has 1 aliphatic heterocycles. The molecule has 1 N–H and O–H groups in total. The molecule has 3 rings (SSSR count). The number of ketones is 1. The zero-order valence-electron chi connectivity index (χ0n) is 18.6. The van der Waals surface area contributed by atoms with Crippen molar-refractivity contribution in [3.63, 3.8) is 0 Å². The summed E-state index contributed by atoms with van der Waals surface area (Å²) in [6.07, 6.45) is 3.51. The number of likely N-dealkylation sites (tertiary alicyclic amines) is 1. The molecule has 1 saturated heterocycles. The fourth-order valence-electron chi connectivity index (χ4n) is 4.19. The molecule has 1 heterocycles. The Balaban J connectivity index is 1.46. The van der Waals surface area contributed by atoms with Crippen molar-refractivity contribution >= 4 is 17.4 Å². The van der Waals surface area contributed by atoms with E-state index in [1.165, 1.54) is 12.5 Å². The number of anilines is 1. The fourth-order valence-corrected chi connectivity index (χ4v) is 4.19. The summed E-state index contributed by atoms with van der Waals surface area (Å²) < 4.78 is 10.6. The quantitative estimate of drug-likeness (QED) is 0.600.